The van der Waals surface area contributed by atoms with E-state index in [1.165, 1.54) is 6.07 Å². The van der Waals surface area contributed by atoms with Crippen LogP contribution in [0.15, 0.2) is 59.5 Å². The molecule has 3 rings (SSSR count). The molecule has 25 heavy (non-hydrogen) atoms. The van der Waals surface area contributed by atoms with E-state index < -0.39 is 11.9 Å². The first-order valence-electron chi connectivity index (χ1n) is 7.72. The lowest BCUT2D eigenvalue weighted by molar-refractivity contribution is 0.0695. The summed E-state index contributed by atoms with van der Waals surface area (Å²) in [7, 11) is 0. The molecule has 0 spiro atoms. The summed E-state index contributed by atoms with van der Waals surface area (Å²) in [4.78, 5) is 23.0. The molecule has 1 aromatic carbocycles. The van der Waals surface area contributed by atoms with Crippen LogP contribution < -0.4 is 5.32 Å². The number of nitrogens with zero attached hydrogens (tertiary/aromatic N) is 2. The molecule has 2 N–H and O–H groups in total. The van der Waals surface area contributed by atoms with Crippen molar-refractivity contribution >= 4 is 11.9 Å². The highest BCUT2D eigenvalue weighted by Gasteiger charge is 2.18. The van der Waals surface area contributed by atoms with Crippen LogP contribution >= 0.6 is 0 Å². The lowest BCUT2D eigenvalue weighted by Gasteiger charge is -2.10. The van der Waals surface area contributed by atoms with Gasteiger partial charge in [0.15, 0.2) is 5.76 Å². The molecule has 0 radical (unpaired) electrons. The van der Waals surface area contributed by atoms with E-state index in [-0.39, 0.29) is 17.4 Å². The second kappa shape index (κ2) is 7.04. The molecule has 0 saturated carbocycles. The van der Waals surface area contributed by atoms with Gasteiger partial charge in [-0.25, -0.2) is 4.79 Å². The molecule has 2 heterocycles. The molecule has 0 saturated heterocycles. The second-order valence-corrected chi connectivity index (χ2v) is 5.66. The number of furan rings is 1. The monoisotopic (exact) mass is 339 g/mol. The second-order valence-electron chi connectivity index (χ2n) is 5.66. The number of benzene rings is 1. The first-order chi connectivity index (χ1) is 12.0. The summed E-state index contributed by atoms with van der Waals surface area (Å²) in [6.07, 6.45) is 4.60. The molecule has 0 aliphatic carbocycles. The highest BCUT2D eigenvalue weighted by atomic mass is 16.4. The van der Waals surface area contributed by atoms with Gasteiger partial charge in [-0.05, 0) is 12.5 Å². The predicted octanol–water partition coefficient (Wildman–Crippen LogP) is 2.71. The molecule has 1 atom stereocenters. The average Bonchev–Trinajstić information content (AvgIpc) is 3.25. The van der Waals surface area contributed by atoms with E-state index in [4.69, 9.17) is 9.52 Å². The Kier molecular flexibility index (Phi) is 4.65. The van der Waals surface area contributed by atoms with Crippen molar-refractivity contribution in [2.24, 2.45) is 0 Å². The van der Waals surface area contributed by atoms with E-state index in [0.29, 0.717) is 6.54 Å². The molecule has 0 fully saturated rings. The Morgan fingerprint density at radius 2 is 2.08 bits per heavy atom. The van der Waals surface area contributed by atoms with Gasteiger partial charge in [-0.3, -0.25) is 9.48 Å². The first-order valence-corrected chi connectivity index (χ1v) is 7.72. The Balaban J connectivity index is 1.64. The van der Waals surface area contributed by atoms with Crippen molar-refractivity contribution < 1.29 is 19.1 Å². The minimum Gasteiger partial charge on any atom is -0.478 e. The Morgan fingerprint density at radius 3 is 2.76 bits per heavy atom. The van der Waals surface area contributed by atoms with Gasteiger partial charge >= 0.3 is 5.97 Å². The highest BCUT2D eigenvalue weighted by molar-refractivity contribution is 5.95. The number of nitrogens with one attached hydrogen (secondary N) is 1. The SMILES string of the molecule is CC(NC(=O)c1cc(C(=O)O)co1)c1cnn(Cc2ccccc2)c1. The number of rotatable bonds is 6. The number of carboxylic acid groups (broad SMARTS) is 1. The molecule has 0 aliphatic heterocycles. The molecular formula is C18H17N3O4. The van der Waals surface area contributed by atoms with Gasteiger partial charge < -0.3 is 14.8 Å². The van der Waals surface area contributed by atoms with Crippen LogP contribution in [0.1, 0.15) is 45.0 Å². The third-order valence-corrected chi connectivity index (χ3v) is 3.76. The van der Waals surface area contributed by atoms with Crippen LogP contribution in [0.5, 0.6) is 0 Å². The van der Waals surface area contributed by atoms with Crippen molar-refractivity contribution in [2.45, 2.75) is 19.5 Å². The van der Waals surface area contributed by atoms with Gasteiger partial charge in [-0.15, -0.1) is 0 Å². The number of hydrogen-bond acceptors (Lipinski definition) is 4. The summed E-state index contributed by atoms with van der Waals surface area (Å²) in [5.74, 6) is -1.66. The van der Waals surface area contributed by atoms with Gasteiger partial charge in [0.25, 0.3) is 5.91 Å². The van der Waals surface area contributed by atoms with Crippen LogP contribution in [-0.4, -0.2) is 26.8 Å². The Morgan fingerprint density at radius 1 is 1.32 bits per heavy atom. The zero-order valence-corrected chi connectivity index (χ0v) is 13.5. The summed E-state index contributed by atoms with van der Waals surface area (Å²) in [5.41, 5.74) is 1.91. The molecule has 1 unspecified atom stereocenters. The van der Waals surface area contributed by atoms with Crippen molar-refractivity contribution in [3.05, 3.63) is 77.5 Å². The third-order valence-electron chi connectivity index (χ3n) is 3.76. The van der Waals surface area contributed by atoms with Crippen molar-refractivity contribution in [3.63, 3.8) is 0 Å². The van der Waals surface area contributed by atoms with E-state index in [0.717, 1.165) is 17.4 Å². The number of amides is 1. The molecule has 1 amide bonds. The van der Waals surface area contributed by atoms with Crippen LogP contribution in [0, 0.1) is 0 Å². The van der Waals surface area contributed by atoms with Gasteiger partial charge in [-0.2, -0.15) is 5.10 Å². The maximum absolute atomic E-state index is 12.1. The number of carbonyl (C=O) groups excluding carboxylic acids is 1. The summed E-state index contributed by atoms with van der Waals surface area (Å²) in [5, 5.41) is 15.9. The van der Waals surface area contributed by atoms with Crippen molar-refractivity contribution in [1.82, 2.24) is 15.1 Å². The minimum atomic E-state index is -1.14. The molecule has 7 heteroatoms. The fraction of sp³-hybridized carbons (Fsp3) is 0.167. The lowest BCUT2D eigenvalue weighted by Crippen LogP contribution is -2.26. The zero-order valence-electron chi connectivity index (χ0n) is 13.5. The zero-order chi connectivity index (χ0) is 17.8. The van der Waals surface area contributed by atoms with Crippen LogP contribution in [0.2, 0.25) is 0 Å². The van der Waals surface area contributed by atoms with Crippen LogP contribution in [-0.2, 0) is 6.54 Å². The predicted molar refractivity (Wildman–Crippen MR) is 89.3 cm³/mol. The number of aromatic nitrogens is 2. The van der Waals surface area contributed by atoms with Crippen LogP contribution in [0.3, 0.4) is 0 Å². The molecule has 128 valence electrons. The standard InChI is InChI=1S/C18H17N3O4/c1-12(20-17(22)16-7-14(11-25-16)18(23)24)15-8-19-21(10-15)9-13-5-3-2-4-6-13/h2-8,10-12H,9H2,1H3,(H,20,22)(H,23,24). The average molecular weight is 339 g/mol. The number of aromatic carboxylic acids is 1. The summed E-state index contributed by atoms with van der Waals surface area (Å²) in [6, 6.07) is 10.8. The summed E-state index contributed by atoms with van der Waals surface area (Å²) >= 11 is 0. The maximum atomic E-state index is 12.1. The van der Waals surface area contributed by atoms with Crippen molar-refractivity contribution in [3.8, 4) is 0 Å². The van der Waals surface area contributed by atoms with Crippen LogP contribution in [0.4, 0.5) is 0 Å². The fourth-order valence-electron chi connectivity index (χ4n) is 2.38. The topological polar surface area (TPSA) is 97.4 Å². The van der Waals surface area contributed by atoms with E-state index in [9.17, 15) is 9.59 Å². The molecule has 3 aromatic rings. The smallest absolute Gasteiger partial charge is 0.338 e. The van der Waals surface area contributed by atoms with E-state index in [1.807, 2.05) is 43.5 Å². The maximum Gasteiger partial charge on any atom is 0.338 e. The van der Waals surface area contributed by atoms with E-state index in [2.05, 4.69) is 10.4 Å². The van der Waals surface area contributed by atoms with Gasteiger partial charge in [-0.1, -0.05) is 30.3 Å². The van der Waals surface area contributed by atoms with E-state index >= 15 is 0 Å². The number of carboxylic acids is 1. The fourth-order valence-corrected chi connectivity index (χ4v) is 2.38. The largest absolute Gasteiger partial charge is 0.478 e. The number of hydrogen-bond donors (Lipinski definition) is 2. The molecule has 0 bridgehead atoms. The minimum absolute atomic E-state index is 0.0408. The Labute approximate surface area is 143 Å². The third kappa shape index (κ3) is 3.95. The van der Waals surface area contributed by atoms with Gasteiger partial charge in [0.2, 0.25) is 0 Å². The molecule has 7 nitrogen and oxygen atoms in total. The first kappa shape index (κ1) is 16.5. The van der Waals surface area contributed by atoms with Gasteiger partial charge in [0, 0.05) is 17.8 Å². The number of carbonyl (C=O) groups is 2. The normalized spacial score (nSPS) is 11.9. The van der Waals surface area contributed by atoms with Crippen molar-refractivity contribution in [2.75, 3.05) is 0 Å². The van der Waals surface area contributed by atoms with Crippen molar-refractivity contribution in [1.29, 1.82) is 0 Å². The highest BCUT2D eigenvalue weighted by Crippen LogP contribution is 2.14. The summed E-state index contributed by atoms with van der Waals surface area (Å²) < 4.78 is 6.79. The molecule has 2 aromatic heterocycles. The van der Waals surface area contributed by atoms with Gasteiger partial charge in [0.1, 0.15) is 6.26 Å². The Bertz CT molecular complexity index is 883. The molecular weight excluding hydrogens is 322 g/mol. The lowest BCUT2D eigenvalue weighted by atomic mass is 10.2. The quantitative estimate of drug-likeness (QED) is 0.719. The summed E-state index contributed by atoms with van der Waals surface area (Å²) in [6.45, 7) is 2.46. The van der Waals surface area contributed by atoms with E-state index in [1.54, 1.807) is 10.9 Å². The molecule has 0 aliphatic rings. The van der Waals surface area contributed by atoms with Gasteiger partial charge in [0.05, 0.1) is 24.3 Å². The van der Waals surface area contributed by atoms with Crippen LogP contribution in [0.25, 0.3) is 0 Å². The Hall–Kier alpha value is -3.35.